The molecular weight excluding hydrogens is 164 g/mol. The molecule has 0 aromatic rings. The molecule has 3 heteroatoms. The molecule has 0 heterocycles. The van der Waals surface area contributed by atoms with Gasteiger partial charge in [0.2, 0.25) is 5.91 Å². The highest BCUT2D eigenvalue weighted by Crippen LogP contribution is 2.22. The van der Waals surface area contributed by atoms with Crippen molar-refractivity contribution in [3.8, 4) is 0 Å². The first-order valence-corrected chi connectivity index (χ1v) is 5.24. The minimum atomic E-state index is -0.194. The smallest absolute Gasteiger partial charge is 0.234 e. The first kappa shape index (κ1) is 10.5. The number of amides is 1. The molecule has 0 radical (unpaired) electrons. The zero-order valence-electron chi connectivity index (χ0n) is 8.55. The lowest BCUT2D eigenvalue weighted by atomic mass is 9.93. The van der Waals surface area contributed by atoms with Crippen molar-refractivity contribution < 1.29 is 4.79 Å². The van der Waals surface area contributed by atoms with E-state index in [2.05, 4.69) is 19.2 Å². The van der Waals surface area contributed by atoms with E-state index in [4.69, 9.17) is 5.73 Å². The predicted octanol–water partition coefficient (Wildman–Crippen LogP) is 1.03. The second kappa shape index (κ2) is 4.61. The zero-order chi connectivity index (χ0) is 9.84. The van der Waals surface area contributed by atoms with Gasteiger partial charge in [-0.3, -0.25) is 4.79 Å². The Hall–Kier alpha value is -0.570. The summed E-state index contributed by atoms with van der Waals surface area (Å²) < 4.78 is 0. The Labute approximate surface area is 80.1 Å². The van der Waals surface area contributed by atoms with E-state index >= 15 is 0 Å². The van der Waals surface area contributed by atoms with Crippen molar-refractivity contribution in [2.45, 2.75) is 51.6 Å². The third kappa shape index (κ3) is 2.99. The Kier molecular flexibility index (Phi) is 3.72. The van der Waals surface area contributed by atoms with Crippen molar-refractivity contribution in [2.75, 3.05) is 0 Å². The highest BCUT2D eigenvalue weighted by atomic mass is 16.1. The number of primary amides is 1. The normalized spacial score (nSPS) is 19.0. The summed E-state index contributed by atoms with van der Waals surface area (Å²) in [5.41, 5.74) is 5.36. The summed E-state index contributed by atoms with van der Waals surface area (Å²) >= 11 is 0. The molecule has 3 N–H and O–H groups in total. The van der Waals surface area contributed by atoms with Gasteiger partial charge in [0.1, 0.15) is 0 Å². The van der Waals surface area contributed by atoms with Crippen molar-refractivity contribution in [3.63, 3.8) is 0 Å². The van der Waals surface area contributed by atoms with Gasteiger partial charge in [0, 0.05) is 6.04 Å². The van der Waals surface area contributed by atoms with E-state index in [0.29, 0.717) is 12.0 Å². The highest BCUT2D eigenvalue weighted by Gasteiger charge is 2.30. The van der Waals surface area contributed by atoms with Crippen LogP contribution < -0.4 is 11.1 Å². The van der Waals surface area contributed by atoms with Gasteiger partial charge in [-0.15, -0.1) is 0 Å². The number of rotatable bonds is 6. The second-order valence-corrected chi connectivity index (χ2v) is 3.90. The first-order valence-electron chi connectivity index (χ1n) is 5.24. The molecule has 0 saturated heterocycles. The lowest BCUT2D eigenvalue weighted by Crippen LogP contribution is -2.47. The third-order valence-electron chi connectivity index (χ3n) is 2.82. The summed E-state index contributed by atoms with van der Waals surface area (Å²) in [5.74, 6) is 0.207. The van der Waals surface area contributed by atoms with Gasteiger partial charge in [-0.05, 0) is 18.8 Å². The van der Waals surface area contributed by atoms with E-state index in [9.17, 15) is 4.79 Å². The van der Waals surface area contributed by atoms with Crippen molar-refractivity contribution in [2.24, 2.45) is 11.7 Å². The minimum Gasteiger partial charge on any atom is -0.368 e. The van der Waals surface area contributed by atoms with Crippen LogP contribution in [0.1, 0.15) is 39.5 Å². The molecule has 1 aliphatic carbocycles. The molecule has 76 valence electrons. The largest absolute Gasteiger partial charge is 0.368 e. The Morgan fingerprint density at radius 2 is 2.00 bits per heavy atom. The van der Waals surface area contributed by atoms with Crippen molar-refractivity contribution in [1.82, 2.24) is 5.32 Å². The average Bonchev–Trinajstić information content (AvgIpc) is 2.88. The van der Waals surface area contributed by atoms with E-state index in [1.165, 1.54) is 12.8 Å². The second-order valence-electron chi connectivity index (χ2n) is 3.90. The van der Waals surface area contributed by atoms with Crippen molar-refractivity contribution >= 4 is 5.91 Å². The van der Waals surface area contributed by atoms with E-state index in [1.54, 1.807) is 0 Å². The van der Waals surface area contributed by atoms with Gasteiger partial charge in [0.15, 0.2) is 0 Å². The Balaban J connectivity index is 2.47. The third-order valence-corrected chi connectivity index (χ3v) is 2.82. The van der Waals surface area contributed by atoms with Gasteiger partial charge in [-0.25, -0.2) is 0 Å². The molecule has 1 fully saturated rings. The Morgan fingerprint density at radius 1 is 1.46 bits per heavy atom. The minimum absolute atomic E-state index is 0.109. The summed E-state index contributed by atoms with van der Waals surface area (Å²) in [6.45, 7) is 4.22. The highest BCUT2D eigenvalue weighted by molar-refractivity contribution is 5.80. The van der Waals surface area contributed by atoms with Crippen LogP contribution in [0.3, 0.4) is 0 Å². The molecule has 1 atom stereocenters. The summed E-state index contributed by atoms with van der Waals surface area (Å²) in [7, 11) is 0. The Morgan fingerprint density at radius 3 is 2.31 bits per heavy atom. The molecule has 0 aromatic carbocycles. The maximum atomic E-state index is 11.2. The molecule has 1 saturated carbocycles. The number of carbonyl (C=O) groups is 1. The zero-order valence-corrected chi connectivity index (χ0v) is 8.55. The monoisotopic (exact) mass is 184 g/mol. The maximum absolute atomic E-state index is 11.2. The maximum Gasteiger partial charge on any atom is 0.234 e. The number of carbonyl (C=O) groups excluding carboxylic acids is 1. The van der Waals surface area contributed by atoms with Crippen molar-refractivity contribution in [3.05, 3.63) is 0 Å². The molecule has 0 aliphatic heterocycles. The average molecular weight is 184 g/mol. The molecule has 1 unspecified atom stereocenters. The molecule has 1 aliphatic rings. The molecule has 1 amide bonds. The van der Waals surface area contributed by atoms with Gasteiger partial charge < -0.3 is 11.1 Å². The first-order chi connectivity index (χ1) is 6.19. The lowest BCUT2D eigenvalue weighted by molar-refractivity contribution is -0.121. The summed E-state index contributed by atoms with van der Waals surface area (Å²) in [5, 5.41) is 3.32. The topological polar surface area (TPSA) is 55.1 Å². The van der Waals surface area contributed by atoms with E-state index in [0.717, 1.165) is 12.8 Å². The Bertz CT molecular complexity index is 174. The van der Waals surface area contributed by atoms with Crippen LogP contribution in [0.5, 0.6) is 0 Å². The summed E-state index contributed by atoms with van der Waals surface area (Å²) in [4.78, 5) is 11.2. The van der Waals surface area contributed by atoms with Crippen LogP contribution >= 0.6 is 0 Å². The van der Waals surface area contributed by atoms with Crippen LogP contribution in [0, 0.1) is 5.92 Å². The molecule has 0 aromatic heterocycles. The molecule has 13 heavy (non-hydrogen) atoms. The fourth-order valence-electron chi connectivity index (χ4n) is 1.71. The van der Waals surface area contributed by atoms with Crippen LogP contribution in [0.15, 0.2) is 0 Å². The number of hydrogen-bond donors (Lipinski definition) is 2. The van der Waals surface area contributed by atoms with Crippen LogP contribution in [-0.4, -0.2) is 18.0 Å². The standard InChI is InChI=1S/C10H20N2O/c1-3-7(4-2)9(10(11)13)12-8-5-6-8/h7-9,12H,3-6H2,1-2H3,(H2,11,13). The van der Waals surface area contributed by atoms with Gasteiger partial charge in [-0.2, -0.15) is 0 Å². The van der Waals surface area contributed by atoms with Gasteiger partial charge in [0.25, 0.3) is 0 Å². The SMILES string of the molecule is CCC(CC)C(NC1CC1)C(N)=O. The van der Waals surface area contributed by atoms with Crippen LogP contribution in [0.25, 0.3) is 0 Å². The summed E-state index contributed by atoms with van der Waals surface area (Å²) in [6.07, 6.45) is 4.43. The predicted molar refractivity (Wildman–Crippen MR) is 53.2 cm³/mol. The molecule has 3 nitrogen and oxygen atoms in total. The van der Waals surface area contributed by atoms with Crippen LogP contribution in [-0.2, 0) is 4.79 Å². The van der Waals surface area contributed by atoms with Gasteiger partial charge >= 0.3 is 0 Å². The number of nitrogens with two attached hydrogens (primary N) is 1. The molecule has 0 spiro atoms. The number of nitrogens with one attached hydrogen (secondary N) is 1. The molecule has 0 bridgehead atoms. The quantitative estimate of drug-likeness (QED) is 0.647. The summed E-state index contributed by atoms with van der Waals surface area (Å²) in [6, 6.07) is 0.445. The van der Waals surface area contributed by atoms with E-state index in [1.807, 2.05) is 0 Å². The number of hydrogen-bond acceptors (Lipinski definition) is 2. The van der Waals surface area contributed by atoms with Gasteiger partial charge in [-0.1, -0.05) is 26.7 Å². The molecular formula is C10H20N2O. The van der Waals surface area contributed by atoms with E-state index < -0.39 is 0 Å². The fourth-order valence-corrected chi connectivity index (χ4v) is 1.71. The van der Waals surface area contributed by atoms with E-state index in [-0.39, 0.29) is 11.9 Å². The molecule has 1 rings (SSSR count). The van der Waals surface area contributed by atoms with Crippen LogP contribution in [0.2, 0.25) is 0 Å². The van der Waals surface area contributed by atoms with Crippen LogP contribution in [0.4, 0.5) is 0 Å². The van der Waals surface area contributed by atoms with Gasteiger partial charge in [0.05, 0.1) is 6.04 Å². The van der Waals surface area contributed by atoms with Crippen molar-refractivity contribution in [1.29, 1.82) is 0 Å². The fraction of sp³-hybridized carbons (Fsp3) is 0.900. The lowest BCUT2D eigenvalue weighted by Gasteiger charge is -2.23.